The molecule has 2 aromatic heterocycles. The highest BCUT2D eigenvalue weighted by molar-refractivity contribution is 6.34. The first-order valence-electron chi connectivity index (χ1n) is 8.38. The first-order chi connectivity index (χ1) is 13.0. The van der Waals surface area contributed by atoms with Crippen molar-refractivity contribution in [1.82, 2.24) is 14.8 Å². The van der Waals surface area contributed by atoms with Gasteiger partial charge in [0.25, 0.3) is 5.91 Å². The third-order valence-corrected chi connectivity index (χ3v) is 4.96. The molecule has 3 aromatic rings. The Bertz CT molecular complexity index is 1040. The van der Waals surface area contributed by atoms with E-state index in [1.54, 1.807) is 22.9 Å². The molecule has 0 N–H and O–H groups in total. The van der Waals surface area contributed by atoms with Gasteiger partial charge < -0.3 is 4.90 Å². The molecule has 0 fully saturated rings. The van der Waals surface area contributed by atoms with Gasteiger partial charge in [0.1, 0.15) is 5.82 Å². The van der Waals surface area contributed by atoms with Crippen molar-refractivity contribution in [3.8, 4) is 0 Å². The van der Waals surface area contributed by atoms with E-state index < -0.39 is 5.95 Å². The highest BCUT2D eigenvalue weighted by Gasteiger charge is 2.35. The molecule has 1 amide bonds. The monoisotopic (exact) mass is 388 g/mol. The van der Waals surface area contributed by atoms with Crippen LogP contribution in [0.25, 0.3) is 0 Å². The number of nitrogens with zero attached hydrogens (tertiary/aromatic N) is 4. The van der Waals surface area contributed by atoms with Crippen molar-refractivity contribution >= 4 is 23.2 Å². The van der Waals surface area contributed by atoms with Crippen LogP contribution in [0, 0.1) is 11.8 Å². The van der Waals surface area contributed by atoms with Crippen LogP contribution < -0.4 is 4.90 Å². The topological polar surface area (TPSA) is 51.0 Å². The minimum absolute atomic E-state index is 0.193. The van der Waals surface area contributed by atoms with Crippen molar-refractivity contribution in [2.24, 2.45) is 0 Å². The third kappa shape index (κ3) is 3.08. The summed E-state index contributed by atoms with van der Waals surface area (Å²) in [5.41, 5.74) is 1.88. The Morgan fingerprint density at radius 2 is 2.04 bits per heavy atom. The normalized spacial score (nSPS) is 16.5. The molecule has 1 aromatic carbocycles. The molecule has 0 saturated carbocycles. The molecular formula is C19H15ClF2N4O. The van der Waals surface area contributed by atoms with Crippen LogP contribution >= 0.6 is 11.6 Å². The molecule has 5 nitrogen and oxygen atoms in total. The first kappa shape index (κ1) is 17.6. The number of halogens is 3. The second-order valence-electron chi connectivity index (χ2n) is 6.44. The van der Waals surface area contributed by atoms with Crippen LogP contribution in [0.15, 0.2) is 42.7 Å². The Morgan fingerprint density at radius 1 is 1.26 bits per heavy atom. The van der Waals surface area contributed by atoms with Crippen LogP contribution in [0.5, 0.6) is 0 Å². The molecule has 0 bridgehead atoms. The molecule has 1 atom stereocenters. The van der Waals surface area contributed by atoms with E-state index in [4.69, 9.17) is 11.6 Å². The molecule has 0 aliphatic carbocycles. The van der Waals surface area contributed by atoms with Gasteiger partial charge in [-0.25, -0.2) is 9.37 Å². The molecule has 0 spiro atoms. The second-order valence-corrected chi connectivity index (χ2v) is 6.85. The highest BCUT2D eigenvalue weighted by atomic mass is 35.5. The summed E-state index contributed by atoms with van der Waals surface area (Å²) in [6, 6.07) is 7.32. The summed E-state index contributed by atoms with van der Waals surface area (Å²) in [6.07, 6.45) is 3.13. The van der Waals surface area contributed by atoms with Crippen molar-refractivity contribution < 1.29 is 13.6 Å². The minimum Gasteiger partial charge on any atom is -0.303 e. The zero-order valence-electron chi connectivity index (χ0n) is 14.4. The average molecular weight is 389 g/mol. The Hall–Kier alpha value is -2.80. The number of anilines is 1. The summed E-state index contributed by atoms with van der Waals surface area (Å²) in [4.78, 5) is 18.0. The smallest absolute Gasteiger partial charge is 0.262 e. The van der Waals surface area contributed by atoms with Gasteiger partial charge in [-0.05, 0) is 13.0 Å². The van der Waals surface area contributed by atoms with Crippen molar-refractivity contribution in [3.63, 3.8) is 0 Å². The van der Waals surface area contributed by atoms with E-state index in [2.05, 4.69) is 10.1 Å². The lowest BCUT2D eigenvalue weighted by Crippen LogP contribution is -2.44. The summed E-state index contributed by atoms with van der Waals surface area (Å²) in [5.74, 6) is -1.36. The maximum Gasteiger partial charge on any atom is 0.262 e. The van der Waals surface area contributed by atoms with Gasteiger partial charge in [0.05, 0.1) is 40.9 Å². The fourth-order valence-electron chi connectivity index (χ4n) is 3.36. The summed E-state index contributed by atoms with van der Waals surface area (Å²) in [6.45, 7) is 2.07. The van der Waals surface area contributed by atoms with Gasteiger partial charge in [0.15, 0.2) is 0 Å². The number of benzene rings is 1. The number of carbonyl (C=O) groups excluding carboxylic acids is 1. The number of amides is 1. The van der Waals surface area contributed by atoms with Crippen LogP contribution in [0.1, 0.15) is 28.5 Å². The predicted octanol–water partition coefficient (Wildman–Crippen LogP) is 3.85. The Labute approximate surface area is 159 Å². The SMILES string of the molecule is CC1Cc2c(cnn2Cc2ccccc2F)C(=O)N1c1cc(F)ncc1Cl. The van der Waals surface area contributed by atoms with E-state index in [9.17, 15) is 13.6 Å². The first-order valence-corrected chi connectivity index (χ1v) is 8.76. The van der Waals surface area contributed by atoms with Crippen LogP contribution in [0.4, 0.5) is 14.5 Å². The lowest BCUT2D eigenvalue weighted by Gasteiger charge is -2.34. The largest absolute Gasteiger partial charge is 0.303 e. The molecule has 0 saturated heterocycles. The average Bonchev–Trinajstić information content (AvgIpc) is 3.03. The Kier molecular flexibility index (Phi) is 4.39. The van der Waals surface area contributed by atoms with Crippen LogP contribution in [0.3, 0.4) is 0 Å². The molecule has 138 valence electrons. The van der Waals surface area contributed by atoms with E-state index >= 15 is 0 Å². The highest BCUT2D eigenvalue weighted by Crippen LogP contribution is 2.33. The zero-order chi connectivity index (χ0) is 19.1. The lowest BCUT2D eigenvalue weighted by atomic mass is 10.00. The van der Waals surface area contributed by atoms with Gasteiger partial charge in [0, 0.05) is 24.1 Å². The zero-order valence-corrected chi connectivity index (χ0v) is 15.1. The fraction of sp³-hybridized carbons (Fsp3) is 0.211. The van der Waals surface area contributed by atoms with E-state index in [1.165, 1.54) is 23.4 Å². The van der Waals surface area contributed by atoms with Gasteiger partial charge in [-0.1, -0.05) is 29.8 Å². The van der Waals surface area contributed by atoms with E-state index in [0.717, 1.165) is 11.8 Å². The number of aromatic nitrogens is 3. The number of hydrogen-bond donors (Lipinski definition) is 0. The number of rotatable bonds is 3. The fourth-order valence-corrected chi connectivity index (χ4v) is 3.56. The van der Waals surface area contributed by atoms with Crippen LogP contribution in [-0.4, -0.2) is 26.7 Å². The van der Waals surface area contributed by atoms with Gasteiger partial charge in [0.2, 0.25) is 5.95 Å². The predicted molar refractivity (Wildman–Crippen MR) is 96.9 cm³/mol. The molecule has 1 aliphatic heterocycles. The van der Waals surface area contributed by atoms with Crippen LogP contribution in [-0.2, 0) is 13.0 Å². The van der Waals surface area contributed by atoms with Crippen molar-refractivity contribution in [3.05, 3.63) is 76.3 Å². The van der Waals surface area contributed by atoms with Gasteiger partial charge >= 0.3 is 0 Å². The van der Waals surface area contributed by atoms with Gasteiger partial charge in [-0.3, -0.25) is 9.48 Å². The van der Waals surface area contributed by atoms with E-state index in [-0.39, 0.29) is 35.0 Å². The molecule has 3 heterocycles. The summed E-state index contributed by atoms with van der Waals surface area (Å²) < 4.78 is 29.2. The number of carbonyl (C=O) groups is 1. The number of hydrogen-bond acceptors (Lipinski definition) is 3. The summed E-state index contributed by atoms with van der Waals surface area (Å²) in [5, 5.41) is 4.46. The molecule has 0 radical (unpaired) electrons. The molecular weight excluding hydrogens is 374 g/mol. The van der Waals surface area contributed by atoms with Gasteiger partial charge in [-0.15, -0.1) is 0 Å². The van der Waals surface area contributed by atoms with Crippen molar-refractivity contribution in [1.29, 1.82) is 0 Å². The van der Waals surface area contributed by atoms with Gasteiger partial charge in [-0.2, -0.15) is 9.49 Å². The molecule has 8 heteroatoms. The third-order valence-electron chi connectivity index (χ3n) is 4.67. The molecule has 27 heavy (non-hydrogen) atoms. The Morgan fingerprint density at radius 3 is 2.81 bits per heavy atom. The van der Waals surface area contributed by atoms with E-state index in [1.807, 2.05) is 6.92 Å². The minimum atomic E-state index is -0.713. The van der Waals surface area contributed by atoms with Crippen LogP contribution in [0.2, 0.25) is 5.02 Å². The number of pyridine rings is 1. The summed E-state index contributed by atoms with van der Waals surface area (Å²) in [7, 11) is 0. The maximum absolute atomic E-state index is 14.0. The van der Waals surface area contributed by atoms with E-state index in [0.29, 0.717) is 17.5 Å². The van der Waals surface area contributed by atoms with Crippen molar-refractivity contribution in [2.75, 3.05) is 4.90 Å². The maximum atomic E-state index is 14.0. The Balaban J connectivity index is 1.71. The quantitative estimate of drug-likeness (QED) is 0.640. The number of fused-ring (bicyclic) bond motifs is 1. The standard InChI is InChI=1S/C19H15ClF2N4O/c1-11-6-16-13(8-24-25(16)10-12-4-2-3-5-15(12)21)19(27)26(11)17-7-18(22)23-9-14(17)20/h2-5,7-9,11H,6,10H2,1H3. The molecule has 1 aliphatic rings. The summed E-state index contributed by atoms with van der Waals surface area (Å²) >= 11 is 6.13. The molecule has 4 rings (SSSR count). The lowest BCUT2D eigenvalue weighted by molar-refractivity contribution is 0.0969. The van der Waals surface area contributed by atoms with Crippen molar-refractivity contribution in [2.45, 2.75) is 25.9 Å². The second kappa shape index (κ2) is 6.74. The molecule has 1 unspecified atom stereocenters.